The van der Waals surface area contributed by atoms with Crippen molar-refractivity contribution in [2.75, 3.05) is 0 Å². The van der Waals surface area contributed by atoms with E-state index < -0.39 is 9.28 Å². The van der Waals surface area contributed by atoms with Gasteiger partial charge in [0, 0.05) is 0 Å². The summed E-state index contributed by atoms with van der Waals surface area (Å²) in [7, 11) is -1.89. The highest BCUT2D eigenvalue weighted by Gasteiger charge is 2.13. The van der Waals surface area contributed by atoms with Gasteiger partial charge in [0.05, 0.1) is 0 Å². The number of para-hydroxylation sites is 2. The van der Waals surface area contributed by atoms with Crippen LogP contribution in [-0.4, -0.2) is 9.28 Å². The summed E-state index contributed by atoms with van der Waals surface area (Å²) in [5.41, 5.74) is 2.07. The first-order valence-corrected chi connectivity index (χ1v) is 8.09. The van der Waals surface area contributed by atoms with Gasteiger partial charge in [-0.15, -0.1) is 0 Å². The summed E-state index contributed by atoms with van der Waals surface area (Å²) in [6, 6.07) is 19.6. The largest absolute Gasteiger partial charge is 0.511 e. The molecule has 0 aliphatic rings. The summed E-state index contributed by atoms with van der Waals surface area (Å²) in [6.45, 7) is 2.10. The van der Waals surface area contributed by atoms with Crippen LogP contribution in [0.15, 0.2) is 72.4 Å². The van der Waals surface area contributed by atoms with Crippen LogP contribution in [0, 0.1) is 0 Å². The van der Waals surface area contributed by atoms with Crippen molar-refractivity contribution in [2.45, 2.75) is 13.3 Å². The normalized spacial score (nSPS) is 10.8. The molecule has 0 N–H and O–H groups in total. The summed E-state index contributed by atoms with van der Waals surface area (Å²) in [6.07, 6.45) is 3.09. The zero-order valence-corrected chi connectivity index (χ0v) is 12.2. The van der Waals surface area contributed by atoms with E-state index in [0.717, 1.165) is 17.9 Å². The lowest BCUT2D eigenvalue weighted by molar-refractivity contribution is 0.437. The second-order valence-electron chi connectivity index (χ2n) is 4.07. The van der Waals surface area contributed by atoms with Gasteiger partial charge in [-0.2, -0.15) is 0 Å². The maximum Gasteiger partial charge on any atom is 0.471 e. The molecule has 98 valence electrons. The fraction of sp³-hybridized carbons (Fsp3) is 0.125. The highest BCUT2D eigenvalue weighted by Crippen LogP contribution is 2.14. The Balaban J connectivity index is 2.06. The minimum atomic E-state index is -1.89. The number of hydrogen-bond acceptors (Lipinski definition) is 2. The molecule has 0 aromatic heterocycles. The van der Waals surface area contributed by atoms with E-state index in [2.05, 4.69) is 18.7 Å². The second kappa shape index (κ2) is 7.44. The van der Waals surface area contributed by atoms with Crippen molar-refractivity contribution in [1.29, 1.82) is 0 Å². The molecule has 0 radical (unpaired) electrons. The monoisotopic (exact) mass is 270 g/mol. The smallest absolute Gasteiger partial charge is 0.471 e. The Labute approximate surface area is 116 Å². The Hall–Kier alpha value is -2.00. The van der Waals surface area contributed by atoms with Crippen molar-refractivity contribution in [3.63, 3.8) is 0 Å². The van der Waals surface area contributed by atoms with E-state index in [1.54, 1.807) is 0 Å². The molecule has 0 fully saturated rings. The third-order valence-corrected chi connectivity index (χ3v) is 4.12. The van der Waals surface area contributed by atoms with Gasteiger partial charge in [0.15, 0.2) is 0 Å². The highest BCUT2D eigenvalue weighted by molar-refractivity contribution is 6.52. The molecule has 2 aromatic rings. The van der Waals surface area contributed by atoms with Gasteiger partial charge >= 0.3 is 9.28 Å². The van der Waals surface area contributed by atoms with E-state index in [4.69, 9.17) is 8.85 Å². The van der Waals surface area contributed by atoms with Gasteiger partial charge < -0.3 is 8.85 Å². The molecule has 0 aliphatic carbocycles. The van der Waals surface area contributed by atoms with Crippen LogP contribution in [0.5, 0.6) is 11.5 Å². The maximum absolute atomic E-state index is 5.95. The van der Waals surface area contributed by atoms with Gasteiger partial charge in [-0.3, -0.25) is 0 Å². The van der Waals surface area contributed by atoms with E-state index in [0.29, 0.717) is 0 Å². The predicted octanol–water partition coefficient (Wildman–Crippen LogP) is 3.87. The molecule has 0 saturated heterocycles. The maximum atomic E-state index is 5.95. The molecule has 3 heteroatoms. The first kappa shape index (κ1) is 13.4. The molecule has 0 amide bonds. The van der Waals surface area contributed by atoms with Gasteiger partial charge in [-0.25, -0.2) is 0 Å². The topological polar surface area (TPSA) is 18.5 Å². The SMILES string of the molecule is CCC=C[SiH](Oc1ccccc1)Oc1ccccc1. The molecule has 0 spiro atoms. The van der Waals surface area contributed by atoms with Crippen LogP contribution >= 0.6 is 0 Å². The molecule has 19 heavy (non-hydrogen) atoms. The van der Waals surface area contributed by atoms with E-state index >= 15 is 0 Å². The fourth-order valence-electron chi connectivity index (χ4n) is 1.62. The van der Waals surface area contributed by atoms with Crippen LogP contribution in [0.3, 0.4) is 0 Å². The predicted molar refractivity (Wildman–Crippen MR) is 80.7 cm³/mol. The summed E-state index contributed by atoms with van der Waals surface area (Å²) in [5.74, 6) is 1.71. The minimum Gasteiger partial charge on any atom is -0.511 e. The van der Waals surface area contributed by atoms with Gasteiger partial charge in [0.1, 0.15) is 11.5 Å². The quantitative estimate of drug-likeness (QED) is 0.742. The van der Waals surface area contributed by atoms with Gasteiger partial charge in [0.2, 0.25) is 0 Å². The molecule has 2 nitrogen and oxygen atoms in total. The van der Waals surface area contributed by atoms with E-state index in [1.165, 1.54) is 0 Å². The zero-order chi connectivity index (χ0) is 13.3. The van der Waals surface area contributed by atoms with Crippen LogP contribution < -0.4 is 8.85 Å². The number of rotatable bonds is 6. The van der Waals surface area contributed by atoms with Crippen molar-refractivity contribution in [1.82, 2.24) is 0 Å². The number of benzene rings is 2. The second-order valence-corrected chi connectivity index (χ2v) is 5.66. The van der Waals surface area contributed by atoms with Crippen LogP contribution in [0.25, 0.3) is 0 Å². The average Bonchev–Trinajstić information content (AvgIpc) is 2.47. The Morgan fingerprint density at radius 2 is 1.32 bits per heavy atom. The molecule has 0 aliphatic heterocycles. The average molecular weight is 270 g/mol. The number of allylic oxidation sites excluding steroid dienone is 1. The van der Waals surface area contributed by atoms with Crippen LogP contribution in [0.4, 0.5) is 0 Å². The van der Waals surface area contributed by atoms with Gasteiger partial charge in [-0.1, -0.05) is 49.4 Å². The molecular weight excluding hydrogens is 252 g/mol. The van der Waals surface area contributed by atoms with E-state index in [1.807, 2.05) is 60.7 Å². The molecule has 0 saturated carbocycles. The molecular formula is C16H18O2Si. The third-order valence-electron chi connectivity index (χ3n) is 2.52. The summed E-state index contributed by atoms with van der Waals surface area (Å²) < 4.78 is 11.9. The molecule has 2 rings (SSSR count). The van der Waals surface area contributed by atoms with E-state index in [9.17, 15) is 0 Å². The summed E-state index contributed by atoms with van der Waals surface area (Å²) in [4.78, 5) is 0. The lowest BCUT2D eigenvalue weighted by Gasteiger charge is -2.16. The number of hydrogen-bond donors (Lipinski definition) is 0. The highest BCUT2D eigenvalue weighted by atomic mass is 28.3. The molecule has 2 aromatic carbocycles. The minimum absolute atomic E-state index is 0.857. The van der Waals surface area contributed by atoms with Crippen molar-refractivity contribution < 1.29 is 8.85 Å². The lowest BCUT2D eigenvalue weighted by atomic mass is 10.3. The van der Waals surface area contributed by atoms with E-state index in [-0.39, 0.29) is 0 Å². The first-order chi connectivity index (χ1) is 9.38. The van der Waals surface area contributed by atoms with Crippen molar-refractivity contribution >= 4 is 9.28 Å². The zero-order valence-electron chi connectivity index (χ0n) is 11.0. The molecule has 0 unspecified atom stereocenters. The standard InChI is InChI=1S/C16H18O2Si/c1-2-3-14-19(17-15-10-6-4-7-11-15)18-16-12-8-5-9-13-16/h3-14,19H,2H2,1H3. The summed E-state index contributed by atoms with van der Waals surface area (Å²) >= 11 is 0. The van der Waals surface area contributed by atoms with Gasteiger partial charge in [-0.05, 0) is 36.4 Å². The Morgan fingerprint density at radius 1 is 0.842 bits per heavy atom. The van der Waals surface area contributed by atoms with Crippen molar-refractivity contribution in [2.24, 2.45) is 0 Å². The molecule has 0 bridgehead atoms. The molecule has 0 atom stereocenters. The van der Waals surface area contributed by atoms with Gasteiger partial charge in [0.25, 0.3) is 0 Å². The van der Waals surface area contributed by atoms with Crippen LogP contribution in [0.2, 0.25) is 0 Å². The van der Waals surface area contributed by atoms with Crippen LogP contribution in [0.1, 0.15) is 13.3 Å². The Bertz CT molecular complexity index is 455. The summed E-state index contributed by atoms with van der Waals surface area (Å²) in [5, 5.41) is 0. The van der Waals surface area contributed by atoms with Crippen LogP contribution in [-0.2, 0) is 0 Å². The Kier molecular flexibility index (Phi) is 5.26. The Morgan fingerprint density at radius 3 is 1.74 bits per heavy atom. The van der Waals surface area contributed by atoms with Crippen molar-refractivity contribution in [3.05, 3.63) is 72.4 Å². The van der Waals surface area contributed by atoms with Crippen molar-refractivity contribution in [3.8, 4) is 11.5 Å². The molecule has 0 heterocycles. The third kappa shape index (κ3) is 4.64. The lowest BCUT2D eigenvalue weighted by Crippen LogP contribution is -2.27. The first-order valence-electron chi connectivity index (χ1n) is 6.48. The fourth-order valence-corrected chi connectivity index (χ4v) is 3.17.